The van der Waals surface area contributed by atoms with Crippen molar-refractivity contribution in [1.82, 2.24) is 10.2 Å². The molecular formula is C8H23N3O2. The summed E-state index contributed by atoms with van der Waals surface area (Å²) in [5.41, 5.74) is 5.13. The lowest BCUT2D eigenvalue weighted by Gasteiger charge is -2.03. The predicted molar refractivity (Wildman–Crippen MR) is 54.6 cm³/mol. The maximum absolute atomic E-state index is 8.20. The average Bonchev–Trinajstić information content (AvgIpc) is 2.06. The Morgan fingerprint density at radius 3 is 2.00 bits per heavy atom. The van der Waals surface area contributed by atoms with Crippen molar-refractivity contribution >= 4 is 0 Å². The molecular weight excluding hydrogens is 170 g/mol. The van der Waals surface area contributed by atoms with E-state index in [0.717, 1.165) is 13.1 Å². The van der Waals surface area contributed by atoms with Gasteiger partial charge in [-0.15, -0.1) is 0 Å². The van der Waals surface area contributed by atoms with E-state index in [0.29, 0.717) is 13.1 Å². The Hall–Kier alpha value is -0.200. The average molecular weight is 193 g/mol. The number of nitrogens with one attached hydrogen (secondary N) is 1. The van der Waals surface area contributed by atoms with Crippen molar-refractivity contribution in [2.24, 2.45) is 5.73 Å². The fraction of sp³-hybridized carbons (Fsp3) is 1.00. The Morgan fingerprint density at radius 2 is 1.77 bits per heavy atom. The third-order valence-electron chi connectivity index (χ3n) is 1.16. The first kappa shape index (κ1) is 15.3. The third-order valence-corrected chi connectivity index (χ3v) is 1.16. The standard InChI is InChI=1S/C4H12N2O.C4H11NO/c5-1-2-6-3-4-7;1-5(2)3-4-6/h6-7H,1-5H2;6H,3-4H2,1-2H3. The van der Waals surface area contributed by atoms with Crippen LogP contribution in [0.1, 0.15) is 0 Å². The number of aliphatic hydroxyl groups is 2. The first-order chi connectivity index (χ1) is 6.18. The molecule has 0 heterocycles. The number of likely N-dealkylation sites (N-methyl/N-ethyl adjacent to an activating group) is 1. The minimum absolute atomic E-state index is 0.194. The molecule has 0 rings (SSSR count). The van der Waals surface area contributed by atoms with E-state index in [2.05, 4.69) is 5.32 Å². The molecule has 0 fully saturated rings. The van der Waals surface area contributed by atoms with Gasteiger partial charge < -0.3 is 26.2 Å². The SMILES string of the molecule is CN(C)CCO.NCCNCCO. The number of rotatable bonds is 6. The van der Waals surface area contributed by atoms with Gasteiger partial charge in [0, 0.05) is 26.2 Å². The summed E-state index contributed by atoms with van der Waals surface area (Å²) >= 11 is 0. The Labute approximate surface area is 80.5 Å². The number of aliphatic hydroxyl groups excluding tert-OH is 2. The van der Waals surface area contributed by atoms with Crippen LogP contribution in [0, 0.1) is 0 Å². The van der Waals surface area contributed by atoms with Crippen LogP contribution < -0.4 is 11.1 Å². The molecule has 0 aromatic heterocycles. The second-order valence-corrected chi connectivity index (χ2v) is 2.79. The monoisotopic (exact) mass is 193 g/mol. The zero-order valence-corrected chi connectivity index (χ0v) is 8.66. The molecule has 0 aliphatic rings. The van der Waals surface area contributed by atoms with E-state index >= 15 is 0 Å². The topological polar surface area (TPSA) is 81.8 Å². The summed E-state index contributed by atoms with van der Waals surface area (Å²) in [4.78, 5) is 1.93. The molecule has 0 bridgehead atoms. The largest absolute Gasteiger partial charge is 0.395 e. The Balaban J connectivity index is 0. The lowest BCUT2D eigenvalue weighted by atomic mass is 10.6. The fourth-order valence-electron chi connectivity index (χ4n) is 0.506. The Bertz CT molecular complexity index is 77.8. The number of hydrogen-bond acceptors (Lipinski definition) is 5. The van der Waals surface area contributed by atoms with E-state index in [-0.39, 0.29) is 13.2 Å². The van der Waals surface area contributed by atoms with E-state index in [1.54, 1.807) is 0 Å². The van der Waals surface area contributed by atoms with Crippen molar-refractivity contribution in [1.29, 1.82) is 0 Å². The van der Waals surface area contributed by atoms with Crippen LogP contribution in [-0.4, -0.2) is 68.6 Å². The van der Waals surface area contributed by atoms with Gasteiger partial charge in [-0.05, 0) is 14.1 Å². The van der Waals surface area contributed by atoms with E-state index in [1.807, 2.05) is 19.0 Å². The molecule has 0 aromatic rings. The van der Waals surface area contributed by atoms with Crippen LogP contribution in [0.4, 0.5) is 0 Å². The summed E-state index contributed by atoms with van der Waals surface area (Å²) in [5.74, 6) is 0. The van der Waals surface area contributed by atoms with Crippen molar-refractivity contribution < 1.29 is 10.2 Å². The molecule has 0 aliphatic heterocycles. The van der Waals surface area contributed by atoms with Crippen LogP contribution in [-0.2, 0) is 0 Å². The lowest BCUT2D eigenvalue weighted by Crippen LogP contribution is -2.24. The van der Waals surface area contributed by atoms with Crippen molar-refractivity contribution in [2.45, 2.75) is 0 Å². The molecule has 0 spiro atoms. The van der Waals surface area contributed by atoms with Crippen LogP contribution in [0.25, 0.3) is 0 Å². The maximum atomic E-state index is 8.20. The molecule has 0 atom stereocenters. The minimum Gasteiger partial charge on any atom is -0.395 e. The van der Waals surface area contributed by atoms with Gasteiger partial charge in [0.2, 0.25) is 0 Å². The first-order valence-electron chi connectivity index (χ1n) is 4.46. The Kier molecular flexibility index (Phi) is 16.8. The summed E-state index contributed by atoms with van der Waals surface area (Å²) in [6.07, 6.45) is 0. The van der Waals surface area contributed by atoms with Gasteiger partial charge in [-0.3, -0.25) is 0 Å². The number of nitrogens with zero attached hydrogens (tertiary/aromatic N) is 1. The molecule has 0 aliphatic carbocycles. The molecule has 0 amide bonds. The molecule has 0 unspecified atom stereocenters. The zero-order valence-electron chi connectivity index (χ0n) is 8.66. The van der Waals surface area contributed by atoms with Crippen molar-refractivity contribution in [3.63, 3.8) is 0 Å². The van der Waals surface area contributed by atoms with Crippen molar-refractivity contribution in [3.05, 3.63) is 0 Å². The number of nitrogens with two attached hydrogens (primary N) is 1. The summed E-state index contributed by atoms with van der Waals surface area (Å²) in [6.45, 7) is 3.30. The predicted octanol–water partition coefficient (Wildman–Crippen LogP) is -1.93. The van der Waals surface area contributed by atoms with Crippen LogP contribution in [0.2, 0.25) is 0 Å². The highest BCUT2D eigenvalue weighted by Crippen LogP contribution is 1.66. The van der Waals surface area contributed by atoms with Crippen LogP contribution in [0.15, 0.2) is 0 Å². The van der Waals surface area contributed by atoms with Crippen LogP contribution in [0.3, 0.4) is 0 Å². The van der Waals surface area contributed by atoms with Gasteiger partial charge in [0.1, 0.15) is 0 Å². The molecule has 82 valence electrons. The molecule has 0 saturated heterocycles. The normalized spacial score (nSPS) is 9.69. The van der Waals surface area contributed by atoms with E-state index < -0.39 is 0 Å². The maximum Gasteiger partial charge on any atom is 0.0558 e. The highest BCUT2D eigenvalue weighted by Gasteiger charge is 1.80. The van der Waals surface area contributed by atoms with Gasteiger partial charge >= 0.3 is 0 Å². The highest BCUT2D eigenvalue weighted by molar-refractivity contribution is 4.42. The molecule has 0 saturated carbocycles. The van der Waals surface area contributed by atoms with Gasteiger partial charge in [-0.25, -0.2) is 0 Å². The first-order valence-corrected chi connectivity index (χ1v) is 4.46. The highest BCUT2D eigenvalue weighted by atomic mass is 16.3. The second kappa shape index (κ2) is 14.3. The molecule has 5 nitrogen and oxygen atoms in total. The quantitative estimate of drug-likeness (QED) is 0.369. The molecule has 5 heteroatoms. The van der Waals surface area contributed by atoms with Gasteiger partial charge in [0.05, 0.1) is 13.2 Å². The van der Waals surface area contributed by atoms with Crippen molar-refractivity contribution in [3.8, 4) is 0 Å². The smallest absolute Gasteiger partial charge is 0.0558 e. The third kappa shape index (κ3) is 24.5. The second-order valence-electron chi connectivity index (χ2n) is 2.79. The van der Waals surface area contributed by atoms with Crippen LogP contribution >= 0.6 is 0 Å². The van der Waals surface area contributed by atoms with Crippen LogP contribution in [0.5, 0.6) is 0 Å². The summed E-state index contributed by atoms with van der Waals surface area (Å²) < 4.78 is 0. The molecule has 0 radical (unpaired) electrons. The summed E-state index contributed by atoms with van der Waals surface area (Å²) in [6, 6.07) is 0. The Morgan fingerprint density at radius 1 is 1.15 bits per heavy atom. The fourth-order valence-corrected chi connectivity index (χ4v) is 0.506. The number of hydrogen-bond donors (Lipinski definition) is 4. The van der Waals surface area contributed by atoms with Gasteiger partial charge in [0.15, 0.2) is 0 Å². The van der Waals surface area contributed by atoms with Gasteiger partial charge in [-0.1, -0.05) is 0 Å². The lowest BCUT2D eigenvalue weighted by molar-refractivity contribution is 0.243. The van der Waals surface area contributed by atoms with E-state index in [4.69, 9.17) is 15.9 Å². The summed E-state index contributed by atoms with van der Waals surface area (Å²) in [5, 5.41) is 19.3. The molecule has 5 N–H and O–H groups in total. The molecule has 0 aromatic carbocycles. The summed E-state index contributed by atoms with van der Waals surface area (Å²) in [7, 11) is 3.85. The van der Waals surface area contributed by atoms with E-state index in [1.165, 1.54) is 0 Å². The van der Waals surface area contributed by atoms with E-state index in [9.17, 15) is 0 Å². The van der Waals surface area contributed by atoms with Gasteiger partial charge in [-0.2, -0.15) is 0 Å². The minimum atomic E-state index is 0.194. The van der Waals surface area contributed by atoms with Crippen molar-refractivity contribution in [2.75, 3.05) is 53.5 Å². The van der Waals surface area contributed by atoms with Gasteiger partial charge in [0.25, 0.3) is 0 Å². The molecule has 13 heavy (non-hydrogen) atoms. The zero-order chi connectivity index (χ0) is 10.5.